The van der Waals surface area contributed by atoms with Crippen molar-refractivity contribution in [3.63, 3.8) is 0 Å². The molecule has 2 N–H and O–H groups in total. The van der Waals surface area contributed by atoms with E-state index >= 15 is 0 Å². The lowest BCUT2D eigenvalue weighted by Gasteiger charge is -2.16. The molecule has 0 saturated heterocycles. The molecule has 140 valence electrons. The molecule has 0 spiro atoms. The van der Waals surface area contributed by atoms with Gasteiger partial charge in [-0.05, 0) is 31.1 Å². The second kappa shape index (κ2) is 9.91. The highest BCUT2D eigenvalue weighted by molar-refractivity contribution is 5.98. The minimum atomic E-state index is -1.23. The summed E-state index contributed by atoms with van der Waals surface area (Å²) < 4.78 is 5.32. The third kappa shape index (κ3) is 6.11. The number of nitrogens with one attached hydrogen (secondary N) is 2. The van der Waals surface area contributed by atoms with Crippen LogP contribution in [0.4, 0.5) is 4.79 Å². The Morgan fingerprint density at radius 3 is 2.37 bits per heavy atom. The molecule has 6 nitrogen and oxygen atoms in total. The molecular formula is C21H22N2O4. The van der Waals surface area contributed by atoms with E-state index in [2.05, 4.69) is 10.6 Å². The quantitative estimate of drug-likeness (QED) is 0.608. The number of hydrogen-bond donors (Lipinski definition) is 2. The molecule has 0 aliphatic rings. The highest BCUT2D eigenvalue weighted by Gasteiger charge is 2.25. The summed E-state index contributed by atoms with van der Waals surface area (Å²) in [4.78, 5) is 36.3. The summed E-state index contributed by atoms with van der Waals surface area (Å²) in [5.74, 6) is -1.40. The van der Waals surface area contributed by atoms with Crippen molar-refractivity contribution in [2.75, 3.05) is 6.54 Å². The van der Waals surface area contributed by atoms with Crippen molar-refractivity contribution in [1.29, 1.82) is 0 Å². The molecule has 2 aromatic carbocycles. The number of aryl methyl sites for hydroxylation is 1. The van der Waals surface area contributed by atoms with E-state index in [0.29, 0.717) is 12.1 Å². The van der Waals surface area contributed by atoms with Crippen LogP contribution < -0.4 is 10.6 Å². The number of hydrogen-bond acceptors (Lipinski definition) is 4. The molecule has 6 heteroatoms. The maximum atomic E-state index is 12.4. The monoisotopic (exact) mass is 366 g/mol. The molecule has 3 amide bonds. The maximum Gasteiger partial charge on any atom is 0.331 e. The minimum Gasteiger partial charge on any atom is -0.444 e. The van der Waals surface area contributed by atoms with Crippen molar-refractivity contribution < 1.29 is 19.1 Å². The molecule has 0 bridgehead atoms. The molecule has 27 heavy (non-hydrogen) atoms. The summed E-state index contributed by atoms with van der Waals surface area (Å²) in [6, 6.07) is 15.5. The first-order valence-corrected chi connectivity index (χ1v) is 8.59. The first kappa shape index (κ1) is 19.9. The molecule has 0 aliphatic heterocycles. The number of benzene rings is 2. The van der Waals surface area contributed by atoms with Gasteiger partial charge < -0.3 is 10.1 Å². The van der Waals surface area contributed by atoms with Gasteiger partial charge in [0, 0.05) is 18.2 Å². The summed E-state index contributed by atoms with van der Waals surface area (Å²) in [5, 5.41) is 4.64. The molecule has 0 aromatic heterocycles. The number of esters is 1. The summed E-state index contributed by atoms with van der Waals surface area (Å²) in [7, 11) is 0. The Hall–Kier alpha value is -3.41. The van der Waals surface area contributed by atoms with E-state index in [9.17, 15) is 14.4 Å². The lowest BCUT2D eigenvalue weighted by molar-refractivity contribution is -0.151. The Labute approximate surface area is 158 Å². The standard InChI is InChI=1S/C21H22N2O4/c1-3-22-21(26)23-20(25)19(17-11-5-4-6-12-17)27-18(24)14-13-16-10-8-7-9-15(16)2/h4-14,19H,3H2,1-2H3,(H2,22,23,25,26)/b14-13+/t19-/m0/s1. The Bertz CT molecular complexity index is 831. The molecule has 0 fully saturated rings. The summed E-state index contributed by atoms with van der Waals surface area (Å²) in [6.07, 6.45) is 1.65. The van der Waals surface area contributed by atoms with Gasteiger partial charge in [-0.15, -0.1) is 0 Å². The maximum absolute atomic E-state index is 12.4. The largest absolute Gasteiger partial charge is 0.444 e. The molecule has 2 rings (SSSR count). The van der Waals surface area contributed by atoms with E-state index < -0.39 is 24.0 Å². The average molecular weight is 366 g/mol. The highest BCUT2D eigenvalue weighted by Crippen LogP contribution is 2.18. The lowest BCUT2D eigenvalue weighted by Crippen LogP contribution is -2.42. The van der Waals surface area contributed by atoms with Crippen LogP contribution in [0.1, 0.15) is 29.7 Å². The second-order valence-corrected chi connectivity index (χ2v) is 5.77. The molecular weight excluding hydrogens is 344 g/mol. The highest BCUT2D eigenvalue weighted by atomic mass is 16.5. The summed E-state index contributed by atoms with van der Waals surface area (Å²) in [5.41, 5.74) is 2.35. The van der Waals surface area contributed by atoms with Gasteiger partial charge in [0.25, 0.3) is 5.91 Å². The molecule has 2 aromatic rings. The number of amides is 3. The minimum absolute atomic E-state index is 0.369. The Morgan fingerprint density at radius 2 is 1.70 bits per heavy atom. The van der Waals surface area contributed by atoms with Crippen molar-refractivity contribution in [3.8, 4) is 0 Å². The fraction of sp³-hybridized carbons (Fsp3) is 0.190. The van der Waals surface area contributed by atoms with Gasteiger partial charge in [0.05, 0.1) is 0 Å². The van der Waals surface area contributed by atoms with E-state index in [1.54, 1.807) is 43.3 Å². The fourth-order valence-corrected chi connectivity index (χ4v) is 2.37. The molecule has 0 heterocycles. The van der Waals surface area contributed by atoms with Crippen LogP contribution in [0.15, 0.2) is 60.7 Å². The van der Waals surface area contributed by atoms with Crippen LogP contribution in [0.25, 0.3) is 6.08 Å². The van der Waals surface area contributed by atoms with Crippen LogP contribution in [0, 0.1) is 6.92 Å². The first-order valence-electron chi connectivity index (χ1n) is 8.59. The van der Waals surface area contributed by atoms with Crippen LogP contribution in [0.5, 0.6) is 0 Å². The zero-order valence-corrected chi connectivity index (χ0v) is 15.3. The predicted molar refractivity (Wildman–Crippen MR) is 103 cm³/mol. The number of ether oxygens (including phenoxy) is 1. The van der Waals surface area contributed by atoms with Gasteiger partial charge in [-0.2, -0.15) is 0 Å². The normalized spacial score (nSPS) is 11.6. The van der Waals surface area contributed by atoms with Crippen LogP contribution in [-0.4, -0.2) is 24.5 Å². The van der Waals surface area contributed by atoms with Crippen molar-refractivity contribution >= 4 is 24.0 Å². The smallest absolute Gasteiger partial charge is 0.331 e. The zero-order valence-electron chi connectivity index (χ0n) is 15.3. The topological polar surface area (TPSA) is 84.5 Å². The van der Waals surface area contributed by atoms with Crippen molar-refractivity contribution in [3.05, 3.63) is 77.4 Å². The SMILES string of the molecule is CCNC(=O)NC(=O)[C@@H](OC(=O)/C=C/c1ccccc1C)c1ccccc1. The van der Waals surface area contributed by atoms with Crippen molar-refractivity contribution in [2.45, 2.75) is 20.0 Å². The molecule has 1 atom stereocenters. The van der Waals surface area contributed by atoms with E-state index in [1.165, 1.54) is 6.08 Å². The number of carbonyl (C=O) groups is 3. The van der Waals surface area contributed by atoms with Gasteiger partial charge in [0.15, 0.2) is 0 Å². The van der Waals surface area contributed by atoms with E-state index in [-0.39, 0.29) is 0 Å². The van der Waals surface area contributed by atoms with Gasteiger partial charge in [0.1, 0.15) is 0 Å². The van der Waals surface area contributed by atoms with Crippen LogP contribution in [-0.2, 0) is 14.3 Å². The van der Waals surface area contributed by atoms with E-state index in [1.807, 2.05) is 31.2 Å². The summed E-state index contributed by atoms with van der Waals surface area (Å²) >= 11 is 0. The third-order valence-electron chi connectivity index (χ3n) is 3.74. The van der Waals surface area contributed by atoms with Gasteiger partial charge in [-0.1, -0.05) is 54.6 Å². The molecule has 0 aliphatic carbocycles. The molecule has 0 unspecified atom stereocenters. The van der Waals surface area contributed by atoms with Gasteiger partial charge >= 0.3 is 12.0 Å². The molecule has 0 radical (unpaired) electrons. The van der Waals surface area contributed by atoms with E-state index in [4.69, 9.17) is 4.74 Å². The number of imide groups is 1. The Balaban J connectivity index is 2.14. The number of rotatable bonds is 6. The van der Waals surface area contributed by atoms with Crippen molar-refractivity contribution in [2.24, 2.45) is 0 Å². The van der Waals surface area contributed by atoms with Crippen LogP contribution in [0.3, 0.4) is 0 Å². The zero-order chi connectivity index (χ0) is 19.6. The fourth-order valence-electron chi connectivity index (χ4n) is 2.37. The lowest BCUT2D eigenvalue weighted by atomic mass is 10.1. The Morgan fingerprint density at radius 1 is 1.04 bits per heavy atom. The Kier molecular flexibility index (Phi) is 7.31. The van der Waals surface area contributed by atoms with Gasteiger partial charge in [-0.3, -0.25) is 10.1 Å². The number of carbonyl (C=O) groups excluding carboxylic acids is 3. The van der Waals surface area contributed by atoms with Crippen LogP contribution in [0.2, 0.25) is 0 Å². The summed E-state index contributed by atoms with van der Waals surface area (Å²) in [6.45, 7) is 4.03. The predicted octanol–water partition coefficient (Wildman–Crippen LogP) is 3.14. The average Bonchev–Trinajstić information content (AvgIpc) is 2.66. The third-order valence-corrected chi connectivity index (χ3v) is 3.74. The molecule has 0 saturated carbocycles. The van der Waals surface area contributed by atoms with Gasteiger partial charge in [0.2, 0.25) is 6.10 Å². The van der Waals surface area contributed by atoms with Crippen molar-refractivity contribution in [1.82, 2.24) is 10.6 Å². The first-order chi connectivity index (χ1) is 13.0. The number of urea groups is 1. The second-order valence-electron chi connectivity index (χ2n) is 5.77. The van der Waals surface area contributed by atoms with Gasteiger partial charge in [-0.25, -0.2) is 9.59 Å². The van der Waals surface area contributed by atoms with Crippen LogP contribution >= 0.6 is 0 Å². The van der Waals surface area contributed by atoms with E-state index in [0.717, 1.165) is 11.1 Å².